The van der Waals surface area contributed by atoms with Gasteiger partial charge in [-0.3, -0.25) is 4.79 Å². The molecule has 0 aromatic rings. The lowest BCUT2D eigenvalue weighted by atomic mass is 9.73. The first-order valence-electron chi connectivity index (χ1n) is 5.93. The van der Waals surface area contributed by atoms with E-state index in [1.54, 1.807) is 0 Å². The van der Waals surface area contributed by atoms with Gasteiger partial charge >= 0.3 is 5.97 Å². The van der Waals surface area contributed by atoms with Crippen molar-refractivity contribution in [2.24, 2.45) is 5.92 Å². The van der Waals surface area contributed by atoms with Crippen molar-refractivity contribution in [3.05, 3.63) is 0 Å². The normalized spacial score (nSPS) is 29.4. The van der Waals surface area contributed by atoms with Crippen LogP contribution in [0.25, 0.3) is 0 Å². The summed E-state index contributed by atoms with van der Waals surface area (Å²) in [5.41, 5.74) is -0.723. The fourth-order valence-corrected chi connectivity index (χ4v) is 2.54. The van der Waals surface area contributed by atoms with Gasteiger partial charge in [-0.05, 0) is 32.1 Å². The lowest BCUT2D eigenvalue weighted by molar-refractivity contribution is -0.159. The molecule has 2 atom stereocenters. The van der Waals surface area contributed by atoms with Crippen LogP contribution in [0.2, 0.25) is 0 Å². The van der Waals surface area contributed by atoms with Crippen molar-refractivity contribution in [1.29, 1.82) is 0 Å². The van der Waals surface area contributed by atoms with Gasteiger partial charge in [0.2, 0.25) is 0 Å². The Morgan fingerprint density at radius 1 is 1.62 bits per heavy atom. The molecule has 0 aliphatic heterocycles. The number of aliphatic hydroxyl groups excluding tert-OH is 1. The largest absolute Gasteiger partial charge is 0.446 e. The number of aliphatic hydroxyl groups is 1. The van der Waals surface area contributed by atoms with E-state index in [0.717, 1.165) is 38.5 Å². The number of hydrogen-bond donors (Lipinski definition) is 1. The summed E-state index contributed by atoms with van der Waals surface area (Å²) in [6.07, 6.45) is 11.0. The van der Waals surface area contributed by atoms with Crippen LogP contribution in [0.4, 0.5) is 0 Å². The van der Waals surface area contributed by atoms with Gasteiger partial charge in [0.1, 0.15) is 0 Å². The maximum atomic E-state index is 11.1. The highest BCUT2D eigenvalue weighted by Gasteiger charge is 2.41. The lowest BCUT2D eigenvalue weighted by Gasteiger charge is -2.39. The van der Waals surface area contributed by atoms with Crippen LogP contribution in [0.15, 0.2) is 0 Å². The van der Waals surface area contributed by atoms with E-state index in [4.69, 9.17) is 16.3 Å². The third-order valence-corrected chi connectivity index (χ3v) is 3.29. The molecule has 1 aliphatic rings. The van der Waals surface area contributed by atoms with Crippen LogP contribution in [-0.2, 0) is 9.53 Å². The van der Waals surface area contributed by atoms with Gasteiger partial charge in [-0.15, -0.1) is 6.42 Å². The molecular formula is C13H20O3. The maximum absolute atomic E-state index is 11.1. The molecular weight excluding hydrogens is 204 g/mol. The third kappa shape index (κ3) is 2.99. The summed E-state index contributed by atoms with van der Waals surface area (Å²) in [5.74, 6) is 2.57. The fraction of sp³-hybridized carbons (Fsp3) is 0.769. The number of ether oxygens (including phenoxy) is 1. The molecule has 90 valence electrons. The van der Waals surface area contributed by atoms with E-state index in [-0.39, 0.29) is 18.5 Å². The Bertz CT molecular complexity index is 279. The first-order chi connectivity index (χ1) is 7.64. The molecule has 1 aliphatic carbocycles. The molecule has 1 saturated carbocycles. The molecule has 0 heterocycles. The molecule has 0 radical (unpaired) electrons. The highest BCUT2D eigenvalue weighted by Crippen LogP contribution is 2.39. The van der Waals surface area contributed by atoms with E-state index in [1.807, 2.05) is 0 Å². The quantitative estimate of drug-likeness (QED) is 0.586. The Morgan fingerprint density at radius 3 is 2.94 bits per heavy atom. The monoisotopic (exact) mass is 224 g/mol. The van der Waals surface area contributed by atoms with Crippen molar-refractivity contribution in [2.75, 3.05) is 6.61 Å². The van der Waals surface area contributed by atoms with Crippen molar-refractivity contribution >= 4 is 5.97 Å². The lowest BCUT2D eigenvalue weighted by Crippen LogP contribution is -2.43. The molecule has 2 unspecified atom stereocenters. The summed E-state index contributed by atoms with van der Waals surface area (Å²) in [4.78, 5) is 11.1. The summed E-state index contributed by atoms with van der Waals surface area (Å²) in [5, 5.41) is 8.86. The third-order valence-electron chi connectivity index (χ3n) is 3.29. The van der Waals surface area contributed by atoms with Crippen LogP contribution < -0.4 is 0 Å². The van der Waals surface area contributed by atoms with E-state index in [1.165, 1.54) is 6.92 Å². The minimum Gasteiger partial charge on any atom is -0.446 e. The van der Waals surface area contributed by atoms with Crippen molar-refractivity contribution in [3.8, 4) is 12.3 Å². The molecule has 0 saturated heterocycles. The molecule has 0 amide bonds. The number of esters is 1. The van der Waals surface area contributed by atoms with Gasteiger partial charge in [0, 0.05) is 19.4 Å². The molecule has 0 spiro atoms. The zero-order valence-electron chi connectivity index (χ0n) is 9.87. The molecule has 0 bridgehead atoms. The van der Waals surface area contributed by atoms with Crippen molar-refractivity contribution < 1.29 is 14.6 Å². The molecule has 1 fully saturated rings. The molecule has 1 N–H and O–H groups in total. The number of terminal acetylenes is 1. The van der Waals surface area contributed by atoms with Crippen LogP contribution >= 0.6 is 0 Å². The number of carbonyl (C=O) groups is 1. The Morgan fingerprint density at radius 2 is 2.38 bits per heavy atom. The highest BCUT2D eigenvalue weighted by atomic mass is 16.6. The van der Waals surface area contributed by atoms with Gasteiger partial charge in [0.05, 0.1) is 0 Å². The summed E-state index contributed by atoms with van der Waals surface area (Å²) >= 11 is 0. The van der Waals surface area contributed by atoms with Gasteiger partial charge in [0.15, 0.2) is 5.60 Å². The SMILES string of the molecule is C#CC1(OC(C)=O)CCCCC1CCCO. The molecule has 16 heavy (non-hydrogen) atoms. The van der Waals surface area contributed by atoms with Gasteiger partial charge in [0.25, 0.3) is 0 Å². The van der Waals surface area contributed by atoms with Crippen molar-refractivity contribution in [3.63, 3.8) is 0 Å². The van der Waals surface area contributed by atoms with Crippen LogP contribution in [0.5, 0.6) is 0 Å². The van der Waals surface area contributed by atoms with E-state index >= 15 is 0 Å². The number of carbonyl (C=O) groups excluding carboxylic acids is 1. The topological polar surface area (TPSA) is 46.5 Å². The average molecular weight is 224 g/mol. The standard InChI is InChI=1S/C13H20O3/c1-3-13(16-11(2)15)9-5-4-7-12(13)8-6-10-14/h1,12,14H,4-10H2,2H3. The van der Waals surface area contributed by atoms with Gasteiger partial charge in [-0.1, -0.05) is 12.3 Å². The average Bonchev–Trinajstić information content (AvgIpc) is 2.27. The minimum absolute atomic E-state index is 0.164. The van der Waals surface area contributed by atoms with Crippen LogP contribution in [0.1, 0.15) is 45.4 Å². The number of hydrogen-bond acceptors (Lipinski definition) is 3. The van der Waals surface area contributed by atoms with Gasteiger partial charge < -0.3 is 9.84 Å². The second kappa shape index (κ2) is 5.91. The van der Waals surface area contributed by atoms with Gasteiger partial charge in [-0.2, -0.15) is 0 Å². The van der Waals surface area contributed by atoms with Crippen molar-refractivity contribution in [2.45, 2.75) is 51.0 Å². The van der Waals surface area contributed by atoms with Crippen molar-refractivity contribution in [1.82, 2.24) is 0 Å². The Labute approximate surface area is 97.2 Å². The molecule has 1 rings (SSSR count). The molecule has 0 aromatic carbocycles. The van der Waals surface area contributed by atoms with Gasteiger partial charge in [-0.25, -0.2) is 0 Å². The number of rotatable bonds is 4. The van der Waals surface area contributed by atoms with E-state index in [9.17, 15) is 4.79 Å². The molecule has 3 nitrogen and oxygen atoms in total. The summed E-state index contributed by atoms with van der Waals surface area (Å²) in [6, 6.07) is 0. The first kappa shape index (κ1) is 13.1. The Hall–Kier alpha value is -1.01. The second-order valence-corrected chi connectivity index (χ2v) is 4.44. The summed E-state index contributed by atoms with van der Waals surface area (Å²) < 4.78 is 5.38. The molecule has 3 heteroatoms. The van der Waals surface area contributed by atoms with E-state index in [2.05, 4.69) is 5.92 Å². The van der Waals surface area contributed by atoms with E-state index in [0.29, 0.717) is 0 Å². The Kier molecular flexibility index (Phi) is 4.82. The maximum Gasteiger partial charge on any atom is 0.304 e. The fourth-order valence-electron chi connectivity index (χ4n) is 2.54. The zero-order valence-corrected chi connectivity index (χ0v) is 9.87. The van der Waals surface area contributed by atoms with Crippen LogP contribution in [-0.4, -0.2) is 23.3 Å². The Balaban J connectivity index is 2.75. The predicted molar refractivity (Wildman–Crippen MR) is 61.6 cm³/mol. The van der Waals surface area contributed by atoms with Crippen LogP contribution in [0.3, 0.4) is 0 Å². The highest BCUT2D eigenvalue weighted by molar-refractivity contribution is 5.67. The van der Waals surface area contributed by atoms with E-state index < -0.39 is 5.60 Å². The zero-order chi connectivity index (χ0) is 12.0. The molecule has 0 aromatic heterocycles. The summed E-state index contributed by atoms with van der Waals surface area (Å²) in [6.45, 7) is 1.56. The predicted octanol–water partition coefficient (Wildman–Crippen LogP) is 1.88. The minimum atomic E-state index is -0.723. The second-order valence-electron chi connectivity index (χ2n) is 4.44. The smallest absolute Gasteiger partial charge is 0.304 e. The van der Waals surface area contributed by atoms with Crippen LogP contribution in [0, 0.1) is 18.3 Å². The summed E-state index contributed by atoms with van der Waals surface area (Å²) in [7, 11) is 0. The first-order valence-corrected chi connectivity index (χ1v) is 5.93.